The summed E-state index contributed by atoms with van der Waals surface area (Å²) >= 11 is 1.23. The number of hydrogen-bond donors (Lipinski definition) is 2. The molecule has 2 aliphatic rings. The first-order valence-electron chi connectivity index (χ1n) is 15.3. The van der Waals surface area contributed by atoms with E-state index in [9.17, 15) is 14.4 Å². The lowest BCUT2D eigenvalue weighted by atomic mass is 10.1. The highest BCUT2D eigenvalue weighted by Crippen LogP contribution is 2.35. The van der Waals surface area contributed by atoms with E-state index in [1.165, 1.54) is 11.8 Å². The summed E-state index contributed by atoms with van der Waals surface area (Å²) in [6.07, 6.45) is 5.19. The maximum atomic E-state index is 13.6. The summed E-state index contributed by atoms with van der Waals surface area (Å²) in [6.45, 7) is 2.23. The monoisotopic (exact) mass is 640 g/mol. The first-order chi connectivity index (χ1) is 21.9. The third-order valence-corrected chi connectivity index (χ3v) is 8.74. The molecule has 12 nitrogen and oxygen atoms in total. The lowest BCUT2D eigenvalue weighted by Gasteiger charge is -2.14. The van der Waals surface area contributed by atoms with Crippen LogP contribution in [0.1, 0.15) is 44.1 Å². The first kappa shape index (κ1) is 32.4. The molecule has 1 aromatic heterocycles. The molecule has 3 aromatic rings. The van der Waals surface area contributed by atoms with Gasteiger partial charge in [0.05, 0.1) is 37.0 Å². The number of unbranched alkanes of at least 4 members (excludes halogenated alkanes) is 2. The topological polar surface area (TPSA) is 139 Å². The van der Waals surface area contributed by atoms with E-state index >= 15 is 0 Å². The van der Waals surface area contributed by atoms with Crippen LogP contribution in [0.5, 0.6) is 23.0 Å². The number of carbonyl (C=O) groups excluding carboxylic acids is 2. The second kappa shape index (κ2) is 15.8. The summed E-state index contributed by atoms with van der Waals surface area (Å²) in [5, 5.41) is 6.79. The normalized spacial score (nSPS) is 15.3. The fourth-order valence-corrected chi connectivity index (χ4v) is 6.17. The molecule has 2 N–H and O–H groups in total. The Balaban J connectivity index is 1.13. The third kappa shape index (κ3) is 8.60. The zero-order valence-corrected chi connectivity index (χ0v) is 26.5. The second-order valence-corrected chi connectivity index (χ2v) is 11.8. The molecule has 2 aromatic carbocycles. The van der Waals surface area contributed by atoms with Crippen molar-refractivity contribution in [3.8, 4) is 23.0 Å². The number of amides is 2. The van der Waals surface area contributed by atoms with Crippen molar-refractivity contribution in [2.24, 2.45) is 0 Å². The average molecular weight is 641 g/mol. The number of benzene rings is 2. The number of hydrogen-bond acceptors (Lipinski definition) is 10. The van der Waals surface area contributed by atoms with Crippen LogP contribution < -0.4 is 35.1 Å². The van der Waals surface area contributed by atoms with Crippen LogP contribution in [0.25, 0.3) is 10.9 Å². The molecule has 0 saturated carbocycles. The van der Waals surface area contributed by atoms with E-state index in [1.54, 1.807) is 30.9 Å². The standard InChI is InChI=1S/C32H40N4O8S/c1-40-25-10-9-21(15-26(25)41-2)11-12-33-29(37)8-4-3-5-13-36-31(39)23-16-27-28(44-20-43-27)17-24(23)35-32(36)45-19-30(38)34-18-22-7-6-14-42-22/h9-10,15-17,22H,3-8,11-14,18-20H2,1-2H3,(H,33,37)(H,34,38)/t22-/m0/s1. The Labute approximate surface area is 266 Å². The molecule has 0 aliphatic carbocycles. The molecule has 45 heavy (non-hydrogen) atoms. The van der Waals surface area contributed by atoms with Crippen LogP contribution in [-0.2, 0) is 27.3 Å². The second-order valence-electron chi connectivity index (χ2n) is 10.9. The van der Waals surface area contributed by atoms with Crippen LogP contribution in [0.4, 0.5) is 0 Å². The predicted molar refractivity (Wildman–Crippen MR) is 170 cm³/mol. The molecule has 1 atom stereocenters. The van der Waals surface area contributed by atoms with E-state index in [1.807, 2.05) is 18.2 Å². The van der Waals surface area contributed by atoms with Gasteiger partial charge in [-0.2, -0.15) is 0 Å². The highest BCUT2D eigenvalue weighted by Gasteiger charge is 2.20. The van der Waals surface area contributed by atoms with Gasteiger partial charge in [0.1, 0.15) is 0 Å². The van der Waals surface area contributed by atoms with Gasteiger partial charge in [-0.05, 0) is 55.9 Å². The van der Waals surface area contributed by atoms with Gasteiger partial charge < -0.3 is 34.3 Å². The summed E-state index contributed by atoms with van der Waals surface area (Å²) < 4.78 is 28.8. The van der Waals surface area contributed by atoms with Crippen LogP contribution in [0.15, 0.2) is 40.3 Å². The van der Waals surface area contributed by atoms with Gasteiger partial charge in [0.25, 0.3) is 5.56 Å². The van der Waals surface area contributed by atoms with E-state index in [4.69, 9.17) is 28.7 Å². The molecule has 2 aliphatic heterocycles. The van der Waals surface area contributed by atoms with E-state index < -0.39 is 0 Å². The summed E-state index contributed by atoms with van der Waals surface area (Å²) in [5.74, 6) is 2.35. The minimum Gasteiger partial charge on any atom is -0.493 e. The van der Waals surface area contributed by atoms with Gasteiger partial charge in [-0.25, -0.2) is 4.98 Å². The summed E-state index contributed by atoms with van der Waals surface area (Å²) in [4.78, 5) is 43.3. The molecular formula is C32H40N4O8S. The molecule has 242 valence electrons. The Bertz CT molecular complexity index is 1560. The Hall–Kier alpha value is -3.97. The molecular weight excluding hydrogens is 600 g/mol. The van der Waals surface area contributed by atoms with Crippen LogP contribution in [0.2, 0.25) is 0 Å². The van der Waals surface area contributed by atoms with Crippen molar-refractivity contribution in [3.63, 3.8) is 0 Å². The van der Waals surface area contributed by atoms with Gasteiger partial charge >= 0.3 is 0 Å². The summed E-state index contributed by atoms with van der Waals surface area (Å²) in [6, 6.07) is 9.09. The molecule has 1 saturated heterocycles. The van der Waals surface area contributed by atoms with Gasteiger partial charge in [0.2, 0.25) is 18.6 Å². The summed E-state index contributed by atoms with van der Waals surface area (Å²) in [7, 11) is 3.19. The third-order valence-electron chi connectivity index (χ3n) is 7.77. The largest absolute Gasteiger partial charge is 0.493 e. The molecule has 0 unspecified atom stereocenters. The molecule has 3 heterocycles. The number of methoxy groups -OCH3 is 2. The van der Waals surface area contributed by atoms with Crippen molar-refractivity contribution in [3.05, 3.63) is 46.2 Å². The first-order valence-corrected chi connectivity index (χ1v) is 16.3. The number of aromatic nitrogens is 2. The number of carbonyl (C=O) groups is 2. The molecule has 2 amide bonds. The van der Waals surface area contributed by atoms with Gasteiger partial charge in [-0.15, -0.1) is 0 Å². The van der Waals surface area contributed by atoms with Crippen molar-refractivity contribution >= 4 is 34.5 Å². The Morgan fingerprint density at radius 1 is 1.02 bits per heavy atom. The number of nitrogens with one attached hydrogen (secondary N) is 2. The lowest BCUT2D eigenvalue weighted by molar-refractivity contribution is -0.121. The molecule has 0 bridgehead atoms. The van der Waals surface area contributed by atoms with Crippen LogP contribution in [0, 0.1) is 0 Å². The Morgan fingerprint density at radius 3 is 2.62 bits per heavy atom. The number of thioether (sulfide) groups is 1. The Morgan fingerprint density at radius 2 is 1.84 bits per heavy atom. The van der Waals surface area contributed by atoms with Gasteiger partial charge in [-0.1, -0.05) is 24.2 Å². The van der Waals surface area contributed by atoms with Crippen LogP contribution in [0.3, 0.4) is 0 Å². The minimum atomic E-state index is -0.200. The van der Waals surface area contributed by atoms with Gasteiger partial charge in [0, 0.05) is 38.7 Å². The zero-order chi connectivity index (χ0) is 31.6. The van der Waals surface area contributed by atoms with E-state index in [2.05, 4.69) is 10.6 Å². The predicted octanol–water partition coefficient (Wildman–Crippen LogP) is 3.45. The average Bonchev–Trinajstić information content (AvgIpc) is 3.75. The smallest absolute Gasteiger partial charge is 0.262 e. The van der Waals surface area contributed by atoms with Crippen molar-refractivity contribution < 1.29 is 33.3 Å². The lowest BCUT2D eigenvalue weighted by Crippen LogP contribution is -2.33. The highest BCUT2D eigenvalue weighted by molar-refractivity contribution is 7.99. The fraction of sp³-hybridized carbons (Fsp3) is 0.500. The SMILES string of the molecule is COc1ccc(CCNC(=O)CCCCCn2c(SCC(=O)NC[C@@H]3CCCO3)nc3cc4c(cc3c2=O)OCO4)cc1OC. The molecule has 5 rings (SSSR count). The maximum absolute atomic E-state index is 13.6. The zero-order valence-electron chi connectivity index (χ0n) is 25.7. The molecule has 1 fully saturated rings. The highest BCUT2D eigenvalue weighted by atomic mass is 32.2. The molecule has 13 heteroatoms. The van der Waals surface area contributed by atoms with Crippen LogP contribution >= 0.6 is 11.8 Å². The quantitative estimate of drug-likeness (QED) is 0.136. The van der Waals surface area contributed by atoms with Crippen molar-refractivity contribution in [1.82, 2.24) is 20.2 Å². The number of rotatable bonds is 16. The number of nitrogens with zero attached hydrogens (tertiary/aromatic N) is 2. The number of ether oxygens (including phenoxy) is 5. The van der Waals surface area contributed by atoms with Crippen molar-refractivity contribution in [2.45, 2.75) is 62.8 Å². The fourth-order valence-electron chi connectivity index (χ4n) is 5.32. The minimum absolute atomic E-state index is 0.0126. The van der Waals surface area contributed by atoms with Gasteiger partial charge in [-0.3, -0.25) is 19.0 Å². The molecule has 0 spiro atoms. The van der Waals surface area contributed by atoms with Crippen molar-refractivity contribution in [1.29, 1.82) is 0 Å². The van der Waals surface area contributed by atoms with E-state index in [0.717, 1.165) is 31.4 Å². The maximum Gasteiger partial charge on any atom is 0.262 e. The van der Waals surface area contributed by atoms with E-state index in [0.29, 0.717) is 84.4 Å². The molecule has 0 radical (unpaired) electrons. The van der Waals surface area contributed by atoms with Crippen LogP contribution in [-0.4, -0.2) is 73.9 Å². The van der Waals surface area contributed by atoms with Crippen molar-refractivity contribution in [2.75, 3.05) is 46.5 Å². The van der Waals surface area contributed by atoms with E-state index in [-0.39, 0.29) is 36.0 Å². The Kier molecular flexibility index (Phi) is 11.4. The number of fused-ring (bicyclic) bond motifs is 2. The van der Waals surface area contributed by atoms with Gasteiger partial charge in [0.15, 0.2) is 28.2 Å². The summed E-state index contributed by atoms with van der Waals surface area (Å²) in [5.41, 5.74) is 1.33.